The first-order valence-electron chi connectivity index (χ1n) is 7.41. The Morgan fingerprint density at radius 3 is 2.91 bits per heavy atom. The van der Waals surface area contributed by atoms with Crippen LogP contribution < -0.4 is 10.6 Å². The van der Waals surface area contributed by atoms with Crippen LogP contribution in [0.25, 0.3) is 10.9 Å². The van der Waals surface area contributed by atoms with E-state index in [2.05, 4.69) is 15.6 Å². The summed E-state index contributed by atoms with van der Waals surface area (Å²) in [5.41, 5.74) is 3.29. The summed E-state index contributed by atoms with van der Waals surface area (Å²) in [6, 6.07) is 7.20. The molecule has 3 N–H and O–H groups in total. The molecule has 0 saturated carbocycles. The minimum atomic E-state index is -2.78. The maximum absolute atomic E-state index is 13.1. The number of halogens is 2. The largest absolute Gasteiger partial charge is 0.358 e. The molecule has 1 aromatic heterocycles. The summed E-state index contributed by atoms with van der Waals surface area (Å²) in [4.78, 5) is 15.2. The quantitative estimate of drug-likeness (QED) is 0.810. The maximum Gasteiger partial charge on any atom is 0.262 e. The first kappa shape index (κ1) is 15.0. The predicted octanol–water partition coefficient (Wildman–Crippen LogP) is 2.13. The van der Waals surface area contributed by atoms with E-state index in [1.54, 1.807) is 0 Å². The summed E-state index contributed by atoms with van der Waals surface area (Å²) in [7, 11) is 0. The molecule has 1 amide bonds. The van der Waals surface area contributed by atoms with Crippen LogP contribution in [0.1, 0.15) is 17.7 Å². The Hall–Kier alpha value is -1.95. The van der Waals surface area contributed by atoms with Gasteiger partial charge < -0.3 is 10.3 Å². The molecular weight excluding hydrogens is 288 g/mol. The Balaban J connectivity index is 1.59. The van der Waals surface area contributed by atoms with Crippen LogP contribution in [0.3, 0.4) is 0 Å². The minimum absolute atomic E-state index is 0.352. The predicted molar refractivity (Wildman–Crippen MR) is 81.1 cm³/mol. The van der Waals surface area contributed by atoms with E-state index in [1.165, 1.54) is 0 Å². The van der Waals surface area contributed by atoms with Crippen LogP contribution in [-0.4, -0.2) is 35.9 Å². The molecule has 2 heterocycles. The zero-order chi connectivity index (χ0) is 15.7. The van der Waals surface area contributed by atoms with Gasteiger partial charge in [-0.3, -0.25) is 10.1 Å². The second kappa shape index (κ2) is 5.68. The van der Waals surface area contributed by atoms with Crippen molar-refractivity contribution in [1.29, 1.82) is 0 Å². The van der Waals surface area contributed by atoms with Gasteiger partial charge in [-0.25, -0.2) is 8.78 Å². The van der Waals surface area contributed by atoms with E-state index in [4.69, 9.17) is 0 Å². The van der Waals surface area contributed by atoms with Gasteiger partial charge in [-0.2, -0.15) is 0 Å². The van der Waals surface area contributed by atoms with Crippen molar-refractivity contribution in [2.75, 3.05) is 13.1 Å². The van der Waals surface area contributed by atoms with Gasteiger partial charge in [-0.05, 0) is 25.0 Å². The monoisotopic (exact) mass is 307 g/mol. The second-order valence-electron chi connectivity index (χ2n) is 5.81. The lowest BCUT2D eigenvalue weighted by atomic mass is 10.1. The first-order valence-corrected chi connectivity index (χ1v) is 7.41. The van der Waals surface area contributed by atoms with Crippen molar-refractivity contribution in [3.8, 4) is 0 Å². The number of aromatic nitrogens is 1. The van der Waals surface area contributed by atoms with Gasteiger partial charge in [0, 0.05) is 29.6 Å². The van der Waals surface area contributed by atoms with Crippen LogP contribution in [0.2, 0.25) is 0 Å². The molecule has 6 heteroatoms. The Morgan fingerprint density at radius 2 is 2.18 bits per heavy atom. The molecular formula is C16H19F2N3O. The molecule has 4 nitrogen and oxygen atoms in total. The fraction of sp³-hybridized carbons (Fsp3) is 0.438. The van der Waals surface area contributed by atoms with E-state index in [-0.39, 0.29) is 5.91 Å². The number of nitrogens with one attached hydrogen (secondary N) is 3. The highest BCUT2D eigenvalue weighted by Crippen LogP contribution is 2.25. The second-order valence-corrected chi connectivity index (χ2v) is 5.81. The summed E-state index contributed by atoms with van der Waals surface area (Å²) >= 11 is 0. The van der Waals surface area contributed by atoms with Crippen molar-refractivity contribution in [3.63, 3.8) is 0 Å². The van der Waals surface area contributed by atoms with Gasteiger partial charge in [0.2, 0.25) is 5.91 Å². The topological polar surface area (TPSA) is 56.9 Å². The van der Waals surface area contributed by atoms with Crippen LogP contribution in [0.5, 0.6) is 0 Å². The number of amides is 1. The Labute approximate surface area is 127 Å². The number of para-hydroxylation sites is 1. The van der Waals surface area contributed by atoms with Gasteiger partial charge in [0.25, 0.3) is 5.92 Å². The summed E-state index contributed by atoms with van der Waals surface area (Å²) in [6.07, 6.45) is 0.246. The number of fused-ring (bicyclic) bond motifs is 1. The summed E-state index contributed by atoms with van der Waals surface area (Å²) < 4.78 is 26.2. The zero-order valence-corrected chi connectivity index (χ0v) is 12.4. The van der Waals surface area contributed by atoms with E-state index in [1.807, 2.05) is 31.2 Å². The van der Waals surface area contributed by atoms with Gasteiger partial charge in [0.1, 0.15) is 0 Å². The summed E-state index contributed by atoms with van der Waals surface area (Å²) in [5.74, 6) is -3.13. The van der Waals surface area contributed by atoms with Gasteiger partial charge in [0.05, 0.1) is 12.6 Å². The van der Waals surface area contributed by atoms with Gasteiger partial charge >= 0.3 is 0 Å². The highest BCUT2D eigenvalue weighted by molar-refractivity contribution is 5.85. The number of aromatic amines is 1. The fourth-order valence-corrected chi connectivity index (χ4v) is 2.99. The number of H-pyrrole nitrogens is 1. The molecule has 1 unspecified atom stereocenters. The van der Waals surface area contributed by atoms with Gasteiger partial charge in [-0.15, -0.1) is 0 Å². The smallest absolute Gasteiger partial charge is 0.262 e. The number of hydrogen-bond donors (Lipinski definition) is 3. The molecule has 1 fully saturated rings. The SMILES string of the molecule is Cc1[nH]c2ccccc2c1CCNC(=O)C1CC(F)(F)CN1. The lowest BCUT2D eigenvalue weighted by molar-refractivity contribution is -0.123. The molecule has 2 aromatic rings. The van der Waals surface area contributed by atoms with Crippen LogP contribution in [0.4, 0.5) is 8.78 Å². The van der Waals surface area contributed by atoms with E-state index in [9.17, 15) is 13.6 Å². The highest BCUT2D eigenvalue weighted by atomic mass is 19.3. The normalized spacial score (nSPS) is 20.4. The maximum atomic E-state index is 13.1. The number of alkyl halides is 2. The number of carbonyl (C=O) groups is 1. The third-order valence-electron chi connectivity index (χ3n) is 4.13. The average Bonchev–Trinajstić information content (AvgIpc) is 2.99. The number of hydrogen-bond acceptors (Lipinski definition) is 2. The van der Waals surface area contributed by atoms with Crippen molar-refractivity contribution < 1.29 is 13.6 Å². The molecule has 0 spiro atoms. The number of rotatable bonds is 4. The molecule has 1 atom stereocenters. The van der Waals surface area contributed by atoms with Crippen LogP contribution >= 0.6 is 0 Å². The van der Waals surface area contributed by atoms with Crippen molar-refractivity contribution >= 4 is 16.8 Å². The van der Waals surface area contributed by atoms with E-state index < -0.39 is 24.9 Å². The van der Waals surface area contributed by atoms with E-state index in [0.29, 0.717) is 13.0 Å². The summed E-state index contributed by atoms with van der Waals surface area (Å²) in [5, 5.41) is 6.45. The Morgan fingerprint density at radius 1 is 1.41 bits per heavy atom. The lowest BCUT2D eigenvalue weighted by Gasteiger charge is -2.11. The molecule has 0 aliphatic carbocycles. The number of benzene rings is 1. The molecule has 3 rings (SSSR count). The van der Waals surface area contributed by atoms with Crippen molar-refractivity contribution in [3.05, 3.63) is 35.5 Å². The van der Waals surface area contributed by atoms with Crippen LogP contribution in [0.15, 0.2) is 24.3 Å². The van der Waals surface area contributed by atoms with Crippen molar-refractivity contribution in [2.45, 2.75) is 31.7 Å². The van der Waals surface area contributed by atoms with Crippen LogP contribution in [-0.2, 0) is 11.2 Å². The Kier molecular flexibility index (Phi) is 3.87. The molecule has 0 bridgehead atoms. The first-order chi connectivity index (χ1) is 10.5. The zero-order valence-electron chi connectivity index (χ0n) is 12.4. The standard InChI is InChI=1S/C16H19F2N3O/c1-10-11(12-4-2-3-5-13(12)21-10)6-7-19-15(22)14-8-16(17,18)9-20-14/h2-5,14,20-21H,6-9H2,1H3,(H,19,22). The van der Waals surface area contributed by atoms with Gasteiger partial charge in [0.15, 0.2) is 0 Å². The number of aryl methyl sites for hydroxylation is 1. The van der Waals surface area contributed by atoms with Crippen LogP contribution in [0, 0.1) is 6.92 Å². The van der Waals surface area contributed by atoms with E-state index >= 15 is 0 Å². The molecule has 118 valence electrons. The molecule has 1 aliphatic heterocycles. The van der Waals surface area contributed by atoms with Crippen molar-refractivity contribution in [1.82, 2.24) is 15.6 Å². The average molecular weight is 307 g/mol. The summed E-state index contributed by atoms with van der Waals surface area (Å²) in [6.45, 7) is 2.01. The van der Waals surface area contributed by atoms with Gasteiger partial charge in [-0.1, -0.05) is 18.2 Å². The van der Waals surface area contributed by atoms with E-state index in [0.717, 1.165) is 22.2 Å². The molecule has 1 aliphatic rings. The third-order valence-corrected chi connectivity index (χ3v) is 4.13. The molecule has 0 radical (unpaired) electrons. The minimum Gasteiger partial charge on any atom is -0.358 e. The Bertz CT molecular complexity index is 696. The number of carbonyl (C=O) groups excluding carboxylic acids is 1. The molecule has 1 saturated heterocycles. The highest BCUT2D eigenvalue weighted by Gasteiger charge is 2.42. The molecule has 1 aromatic carbocycles. The lowest BCUT2D eigenvalue weighted by Crippen LogP contribution is -2.41. The molecule has 22 heavy (non-hydrogen) atoms. The third kappa shape index (κ3) is 2.97. The van der Waals surface area contributed by atoms with Crippen molar-refractivity contribution in [2.24, 2.45) is 0 Å². The fourth-order valence-electron chi connectivity index (χ4n) is 2.99.